The van der Waals surface area contributed by atoms with E-state index in [0.29, 0.717) is 0 Å². The summed E-state index contributed by atoms with van der Waals surface area (Å²) in [6, 6.07) is 13.6. The van der Waals surface area contributed by atoms with Crippen LogP contribution in [0.25, 0.3) is 11.0 Å². The SMILES string of the molecule is Cc1ccc2c(CC(=O)OCC(=O)N(C)[C@@H](C)c3ccccc3)coc2c1C. The molecule has 0 radical (unpaired) electrons. The standard InChI is InChI=1S/C23H25NO4/c1-15-10-11-20-19(13-28-23(20)16(15)2)12-22(26)27-14-21(25)24(4)17(3)18-8-6-5-7-9-18/h5-11,13,17H,12,14H2,1-4H3/t17-/m0/s1. The van der Waals surface area contributed by atoms with Crippen molar-refractivity contribution in [2.24, 2.45) is 0 Å². The van der Waals surface area contributed by atoms with E-state index in [1.807, 2.05) is 63.2 Å². The number of amides is 1. The van der Waals surface area contributed by atoms with E-state index in [0.717, 1.165) is 33.2 Å². The minimum absolute atomic E-state index is 0.0702. The van der Waals surface area contributed by atoms with Crippen molar-refractivity contribution >= 4 is 22.8 Å². The highest BCUT2D eigenvalue weighted by molar-refractivity contribution is 5.89. The van der Waals surface area contributed by atoms with Crippen LogP contribution in [0.5, 0.6) is 0 Å². The van der Waals surface area contributed by atoms with Crippen LogP contribution in [0.4, 0.5) is 0 Å². The van der Waals surface area contributed by atoms with E-state index >= 15 is 0 Å². The Hall–Kier alpha value is -3.08. The molecule has 3 aromatic rings. The second kappa shape index (κ2) is 8.30. The highest BCUT2D eigenvalue weighted by Crippen LogP contribution is 2.27. The van der Waals surface area contributed by atoms with Gasteiger partial charge in [-0.05, 0) is 37.5 Å². The third kappa shape index (κ3) is 4.09. The molecular formula is C23H25NO4. The Labute approximate surface area is 164 Å². The fourth-order valence-electron chi connectivity index (χ4n) is 3.15. The van der Waals surface area contributed by atoms with Crippen LogP contribution < -0.4 is 0 Å². The zero-order valence-corrected chi connectivity index (χ0v) is 16.7. The van der Waals surface area contributed by atoms with E-state index < -0.39 is 5.97 Å². The topological polar surface area (TPSA) is 59.8 Å². The number of likely N-dealkylation sites (N-methyl/N-ethyl adjacent to an activating group) is 1. The third-order valence-corrected chi connectivity index (χ3v) is 5.29. The van der Waals surface area contributed by atoms with Crippen molar-refractivity contribution in [1.29, 1.82) is 0 Å². The highest BCUT2D eigenvalue weighted by Gasteiger charge is 2.19. The molecule has 0 aliphatic heterocycles. The quantitative estimate of drug-likeness (QED) is 0.597. The minimum Gasteiger partial charge on any atom is -0.464 e. The molecule has 2 aromatic carbocycles. The van der Waals surface area contributed by atoms with E-state index in [4.69, 9.17) is 9.15 Å². The average Bonchev–Trinajstić information content (AvgIpc) is 3.11. The molecule has 0 spiro atoms. The molecule has 5 nitrogen and oxygen atoms in total. The number of rotatable bonds is 6. The summed E-state index contributed by atoms with van der Waals surface area (Å²) in [6.07, 6.45) is 1.66. The van der Waals surface area contributed by atoms with Gasteiger partial charge in [-0.2, -0.15) is 0 Å². The number of hydrogen-bond donors (Lipinski definition) is 0. The number of hydrogen-bond acceptors (Lipinski definition) is 4. The Morgan fingerprint density at radius 3 is 2.54 bits per heavy atom. The molecule has 5 heteroatoms. The predicted octanol–water partition coefficient (Wildman–Crippen LogP) is 4.35. The van der Waals surface area contributed by atoms with E-state index in [1.54, 1.807) is 18.2 Å². The summed E-state index contributed by atoms with van der Waals surface area (Å²) in [7, 11) is 1.71. The van der Waals surface area contributed by atoms with Crippen molar-refractivity contribution in [2.45, 2.75) is 33.2 Å². The van der Waals surface area contributed by atoms with Crippen molar-refractivity contribution in [3.8, 4) is 0 Å². The number of esters is 1. The molecule has 1 heterocycles. The fraction of sp³-hybridized carbons (Fsp3) is 0.304. The molecule has 0 aliphatic rings. The van der Waals surface area contributed by atoms with Crippen LogP contribution in [0.2, 0.25) is 0 Å². The van der Waals surface area contributed by atoms with Gasteiger partial charge in [0.2, 0.25) is 0 Å². The molecule has 0 N–H and O–H groups in total. The van der Waals surface area contributed by atoms with Gasteiger partial charge in [0.25, 0.3) is 5.91 Å². The van der Waals surface area contributed by atoms with Crippen LogP contribution in [0.1, 0.15) is 35.2 Å². The summed E-state index contributed by atoms with van der Waals surface area (Å²) >= 11 is 0. The minimum atomic E-state index is -0.449. The van der Waals surface area contributed by atoms with Crippen LogP contribution in [0.3, 0.4) is 0 Å². The van der Waals surface area contributed by atoms with Crippen LogP contribution in [0.15, 0.2) is 53.1 Å². The Balaban J connectivity index is 1.58. The normalized spacial score (nSPS) is 12.0. The summed E-state index contributed by atoms with van der Waals surface area (Å²) in [4.78, 5) is 26.2. The molecule has 0 unspecified atom stereocenters. The lowest BCUT2D eigenvalue weighted by atomic mass is 10.0. The van der Waals surface area contributed by atoms with Crippen molar-refractivity contribution in [1.82, 2.24) is 4.90 Å². The molecule has 146 valence electrons. The maximum absolute atomic E-state index is 12.4. The maximum Gasteiger partial charge on any atom is 0.310 e. The zero-order valence-electron chi connectivity index (χ0n) is 16.7. The molecule has 3 rings (SSSR count). The number of benzene rings is 2. The Morgan fingerprint density at radius 1 is 1.11 bits per heavy atom. The van der Waals surface area contributed by atoms with Gasteiger partial charge in [-0.1, -0.05) is 42.5 Å². The van der Waals surface area contributed by atoms with Crippen molar-refractivity contribution in [3.63, 3.8) is 0 Å². The van der Waals surface area contributed by atoms with Gasteiger partial charge in [-0.25, -0.2) is 0 Å². The van der Waals surface area contributed by atoms with E-state index in [1.165, 1.54) is 0 Å². The van der Waals surface area contributed by atoms with Crippen molar-refractivity contribution < 1.29 is 18.7 Å². The highest BCUT2D eigenvalue weighted by atomic mass is 16.5. The molecule has 1 amide bonds. The number of furan rings is 1. The van der Waals surface area contributed by atoms with Crippen LogP contribution >= 0.6 is 0 Å². The number of carbonyl (C=O) groups is 2. The maximum atomic E-state index is 12.4. The largest absolute Gasteiger partial charge is 0.464 e. The molecule has 0 bridgehead atoms. The Kier molecular flexibility index (Phi) is 5.83. The lowest BCUT2D eigenvalue weighted by Crippen LogP contribution is -2.33. The predicted molar refractivity (Wildman–Crippen MR) is 108 cm³/mol. The summed E-state index contributed by atoms with van der Waals surface area (Å²) < 4.78 is 10.8. The van der Waals surface area contributed by atoms with Crippen molar-refractivity contribution in [3.05, 3.63) is 71.0 Å². The Bertz CT molecular complexity index is 991. The van der Waals surface area contributed by atoms with Gasteiger partial charge in [-0.15, -0.1) is 0 Å². The number of ether oxygens (including phenoxy) is 1. The molecule has 0 saturated heterocycles. The number of nitrogens with zero attached hydrogens (tertiary/aromatic N) is 1. The summed E-state index contributed by atoms with van der Waals surface area (Å²) in [5.74, 6) is -0.691. The van der Waals surface area contributed by atoms with Crippen LogP contribution in [-0.4, -0.2) is 30.4 Å². The van der Waals surface area contributed by atoms with Gasteiger partial charge in [0, 0.05) is 18.0 Å². The molecule has 0 fully saturated rings. The van der Waals surface area contributed by atoms with Crippen molar-refractivity contribution in [2.75, 3.05) is 13.7 Å². The van der Waals surface area contributed by atoms with E-state index in [2.05, 4.69) is 0 Å². The summed E-state index contributed by atoms with van der Waals surface area (Å²) in [6.45, 7) is 5.67. The smallest absolute Gasteiger partial charge is 0.310 e. The second-order valence-electron chi connectivity index (χ2n) is 7.07. The summed E-state index contributed by atoms with van der Waals surface area (Å²) in [5.41, 5.74) is 4.78. The van der Waals surface area contributed by atoms with Gasteiger partial charge >= 0.3 is 5.97 Å². The lowest BCUT2D eigenvalue weighted by Gasteiger charge is -2.25. The Morgan fingerprint density at radius 2 is 1.82 bits per heavy atom. The number of fused-ring (bicyclic) bond motifs is 1. The van der Waals surface area contributed by atoms with Crippen LogP contribution in [0, 0.1) is 13.8 Å². The second-order valence-corrected chi connectivity index (χ2v) is 7.07. The van der Waals surface area contributed by atoms with Gasteiger partial charge in [0.05, 0.1) is 18.7 Å². The average molecular weight is 379 g/mol. The first-order chi connectivity index (χ1) is 13.4. The zero-order chi connectivity index (χ0) is 20.3. The first-order valence-electron chi connectivity index (χ1n) is 9.31. The van der Waals surface area contributed by atoms with E-state index in [-0.39, 0.29) is 25.0 Å². The third-order valence-electron chi connectivity index (χ3n) is 5.29. The number of carbonyl (C=O) groups excluding carboxylic acids is 2. The van der Waals surface area contributed by atoms with Gasteiger partial charge in [-0.3, -0.25) is 9.59 Å². The molecule has 1 aromatic heterocycles. The monoisotopic (exact) mass is 379 g/mol. The van der Waals surface area contributed by atoms with Crippen LogP contribution in [-0.2, 0) is 20.7 Å². The molecule has 28 heavy (non-hydrogen) atoms. The fourth-order valence-corrected chi connectivity index (χ4v) is 3.15. The molecular weight excluding hydrogens is 354 g/mol. The van der Waals surface area contributed by atoms with Gasteiger partial charge in [0.15, 0.2) is 6.61 Å². The first kappa shape index (κ1) is 19.7. The summed E-state index contributed by atoms with van der Waals surface area (Å²) in [5, 5.41) is 0.904. The molecule has 0 aliphatic carbocycles. The van der Waals surface area contributed by atoms with Gasteiger partial charge in [0.1, 0.15) is 5.58 Å². The van der Waals surface area contributed by atoms with E-state index in [9.17, 15) is 9.59 Å². The first-order valence-corrected chi connectivity index (χ1v) is 9.31. The molecule has 1 atom stereocenters. The molecule has 0 saturated carbocycles. The van der Waals surface area contributed by atoms with Gasteiger partial charge < -0.3 is 14.1 Å². The number of aryl methyl sites for hydroxylation is 2. The lowest BCUT2D eigenvalue weighted by molar-refractivity contribution is -0.151.